The summed E-state index contributed by atoms with van der Waals surface area (Å²) in [5.41, 5.74) is 6.59. The van der Waals surface area contributed by atoms with Crippen LogP contribution in [0.3, 0.4) is 0 Å². The molecule has 2 rings (SSSR count). The largest absolute Gasteiger partial charge is 0.493 e. The van der Waals surface area contributed by atoms with Crippen molar-refractivity contribution < 1.29 is 9.47 Å². The second-order valence-electron chi connectivity index (χ2n) is 4.61. The lowest BCUT2D eigenvalue weighted by Gasteiger charge is -2.12. The van der Waals surface area contributed by atoms with E-state index in [0.717, 1.165) is 12.2 Å². The van der Waals surface area contributed by atoms with Crippen molar-refractivity contribution >= 4 is 17.6 Å². The van der Waals surface area contributed by atoms with Gasteiger partial charge in [-0.05, 0) is 18.6 Å². The molecule has 0 amide bonds. The first-order valence-corrected chi connectivity index (χ1v) is 8.13. The predicted octanol–water partition coefficient (Wildman–Crippen LogP) is 3.02. The fourth-order valence-electron chi connectivity index (χ4n) is 1.87. The molecule has 0 saturated carbocycles. The van der Waals surface area contributed by atoms with Gasteiger partial charge in [0, 0.05) is 5.75 Å². The Balaban J connectivity index is 2.24. The number of anilines is 1. The second-order valence-corrected chi connectivity index (χ2v) is 5.67. The SMILES string of the molecule is CCCSc1nc(N)c(C#N)c(COc2ccccc2OC)n1. The number of para-hydroxylation sites is 2. The number of hydrogen-bond donors (Lipinski definition) is 1. The van der Waals surface area contributed by atoms with E-state index in [1.807, 2.05) is 18.2 Å². The average molecular weight is 330 g/mol. The third kappa shape index (κ3) is 4.27. The van der Waals surface area contributed by atoms with E-state index in [1.54, 1.807) is 19.2 Å². The van der Waals surface area contributed by atoms with E-state index >= 15 is 0 Å². The highest BCUT2D eigenvalue weighted by Crippen LogP contribution is 2.27. The van der Waals surface area contributed by atoms with Crippen LogP contribution in [0.5, 0.6) is 11.5 Å². The number of rotatable bonds is 7. The minimum absolute atomic E-state index is 0.121. The number of thioether (sulfide) groups is 1. The third-order valence-electron chi connectivity index (χ3n) is 2.97. The number of benzene rings is 1. The molecule has 7 heteroatoms. The van der Waals surface area contributed by atoms with Gasteiger partial charge >= 0.3 is 0 Å². The van der Waals surface area contributed by atoms with Crippen LogP contribution in [0.2, 0.25) is 0 Å². The van der Waals surface area contributed by atoms with E-state index in [2.05, 4.69) is 16.9 Å². The highest BCUT2D eigenvalue weighted by molar-refractivity contribution is 7.99. The van der Waals surface area contributed by atoms with Gasteiger partial charge in [-0.15, -0.1) is 0 Å². The Kier molecular flexibility index (Phi) is 6.06. The lowest BCUT2D eigenvalue weighted by atomic mass is 10.2. The summed E-state index contributed by atoms with van der Waals surface area (Å²) < 4.78 is 11.0. The van der Waals surface area contributed by atoms with Crippen molar-refractivity contribution in [1.29, 1.82) is 5.26 Å². The topological polar surface area (TPSA) is 94.0 Å². The van der Waals surface area contributed by atoms with E-state index < -0.39 is 0 Å². The molecule has 6 nitrogen and oxygen atoms in total. The maximum Gasteiger partial charge on any atom is 0.189 e. The Morgan fingerprint density at radius 1 is 1.26 bits per heavy atom. The van der Waals surface area contributed by atoms with Crippen LogP contribution < -0.4 is 15.2 Å². The highest BCUT2D eigenvalue weighted by atomic mass is 32.2. The summed E-state index contributed by atoms with van der Waals surface area (Å²) in [7, 11) is 1.57. The molecule has 2 N–H and O–H groups in total. The monoisotopic (exact) mass is 330 g/mol. The number of nitriles is 1. The summed E-state index contributed by atoms with van der Waals surface area (Å²) in [6.07, 6.45) is 1.00. The van der Waals surface area contributed by atoms with E-state index in [4.69, 9.17) is 15.2 Å². The molecule has 1 aromatic heterocycles. The fraction of sp³-hybridized carbons (Fsp3) is 0.312. The first kappa shape index (κ1) is 16.9. The Labute approximate surface area is 139 Å². The molecule has 2 aromatic rings. The van der Waals surface area contributed by atoms with Crippen LogP contribution in [0, 0.1) is 11.3 Å². The van der Waals surface area contributed by atoms with Crippen molar-refractivity contribution in [2.24, 2.45) is 0 Å². The third-order valence-corrected chi connectivity index (χ3v) is 4.03. The van der Waals surface area contributed by atoms with Crippen LogP contribution in [0.15, 0.2) is 29.4 Å². The maximum atomic E-state index is 9.27. The van der Waals surface area contributed by atoms with Gasteiger partial charge in [-0.25, -0.2) is 9.97 Å². The molecular weight excluding hydrogens is 312 g/mol. The molecule has 0 atom stereocenters. The molecule has 0 saturated heterocycles. The second kappa shape index (κ2) is 8.25. The molecule has 120 valence electrons. The summed E-state index contributed by atoms with van der Waals surface area (Å²) in [5.74, 6) is 2.27. The maximum absolute atomic E-state index is 9.27. The van der Waals surface area contributed by atoms with Crippen molar-refractivity contribution in [1.82, 2.24) is 9.97 Å². The molecule has 1 aromatic carbocycles. The molecule has 0 unspecified atom stereocenters. The van der Waals surface area contributed by atoms with Gasteiger partial charge in [-0.2, -0.15) is 5.26 Å². The van der Waals surface area contributed by atoms with Crippen molar-refractivity contribution in [2.45, 2.75) is 25.1 Å². The molecule has 0 radical (unpaired) electrons. The number of methoxy groups -OCH3 is 1. The zero-order valence-electron chi connectivity index (χ0n) is 13.1. The van der Waals surface area contributed by atoms with Gasteiger partial charge in [0.15, 0.2) is 16.7 Å². The van der Waals surface area contributed by atoms with Crippen LogP contribution in [0.25, 0.3) is 0 Å². The van der Waals surface area contributed by atoms with E-state index in [9.17, 15) is 5.26 Å². The van der Waals surface area contributed by atoms with Gasteiger partial charge in [0.05, 0.1) is 7.11 Å². The Morgan fingerprint density at radius 3 is 2.65 bits per heavy atom. The number of aromatic nitrogens is 2. The van der Waals surface area contributed by atoms with E-state index in [0.29, 0.717) is 22.3 Å². The van der Waals surface area contributed by atoms with Gasteiger partial charge in [-0.3, -0.25) is 0 Å². The summed E-state index contributed by atoms with van der Waals surface area (Å²) >= 11 is 1.51. The standard InChI is InChI=1S/C16H18N4O2S/c1-3-8-23-16-19-12(11(9-17)15(18)20-16)10-22-14-7-5-4-6-13(14)21-2/h4-7H,3,8,10H2,1-2H3,(H2,18,19,20). The van der Waals surface area contributed by atoms with E-state index in [1.165, 1.54) is 11.8 Å². The number of ether oxygens (including phenoxy) is 2. The predicted molar refractivity (Wildman–Crippen MR) is 89.5 cm³/mol. The average Bonchev–Trinajstić information content (AvgIpc) is 2.58. The molecule has 0 aliphatic heterocycles. The quantitative estimate of drug-likeness (QED) is 0.616. The zero-order valence-corrected chi connectivity index (χ0v) is 13.9. The van der Waals surface area contributed by atoms with Crippen LogP contribution in [0.4, 0.5) is 5.82 Å². The van der Waals surface area contributed by atoms with Crippen LogP contribution in [-0.4, -0.2) is 22.8 Å². The Hall–Kier alpha value is -2.46. The van der Waals surface area contributed by atoms with E-state index in [-0.39, 0.29) is 18.0 Å². The molecule has 1 heterocycles. The smallest absolute Gasteiger partial charge is 0.189 e. The van der Waals surface area contributed by atoms with Crippen molar-refractivity contribution in [3.63, 3.8) is 0 Å². The molecule has 0 aliphatic rings. The molecule has 0 aliphatic carbocycles. The van der Waals surface area contributed by atoms with Crippen LogP contribution in [-0.2, 0) is 6.61 Å². The van der Waals surface area contributed by atoms with Crippen molar-refractivity contribution in [2.75, 3.05) is 18.6 Å². The first-order chi connectivity index (χ1) is 11.2. The normalized spacial score (nSPS) is 10.1. The lowest BCUT2D eigenvalue weighted by Crippen LogP contribution is -2.08. The van der Waals surface area contributed by atoms with Gasteiger partial charge in [0.1, 0.15) is 29.8 Å². The lowest BCUT2D eigenvalue weighted by molar-refractivity contribution is 0.279. The molecule has 23 heavy (non-hydrogen) atoms. The number of hydrogen-bond acceptors (Lipinski definition) is 7. The Morgan fingerprint density at radius 2 is 2.00 bits per heavy atom. The van der Waals surface area contributed by atoms with Gasteiger partial charge in [0.2, 0.25) is 0 Å². The van der Waals surface area contributed by atoms with Crippen LogP contribution in [0.1, 0.15) is 24.6 Å². The molecule has 0 fully saturated rings. The summed E-state index contributed by atoms with van der Waals surface area (Å²) in [5, 5.41) is 9.82. The summed E-state index contributed by atoms with van der Waals surface area (Å²) in [4.78, 5) is 8.55. The molecule has 0 spiro atoms. The minimum Gasteiger partial charge on any atom is -0.493 e. The first-order valence-electron chi connectivity index (χ1n) is 7.14. The van der Waals surface area contributed by atoms with Crippen molar-refractivity contribution in [3.8, 4) is 17.6 Å². The number of nitrogens with zero attached hydrogens (tertiary/aromatic N) is 3. The number of nitrogen functional groups attached to an aromatic ring is 1. The summed E-state index contributed by atoms with van der Waals surface area (Å²) in [6.45, 7) is 2.20. The van der Waals surface area contributed by atoms with Gasteiger partial charge in [0.25, 0.3) is 0 Å². The minimum atomic E-state index is 0.121. The fourth-order valence-corrected chi connectivity index (χ4v) is 2.60. The van der Waals surface area contributed by atoms with Crippen molar-refractivity contribution in [3.05, 3.63) is 35.5 Å². The van der Waals surface area contributed by atoms with Gasteiger partial charge in [-0.1, -0.05) is 30.8 Å². The molecular formula is C16H18N4O2S. The zero-order chi connectivity index (χ0) is 16.7. The summed E-state index contributed by atoms with van der Waals surface area (Å²) in [6, 6.07) is 9.34. The molecule has 0 bridgehead atoms. The van der Waals surface area contributed by atoms with Crippen LogP contribution >= 0.6 is 11.8 Å². The highest BCUT2D eigenvalue weighted by Gasteiger charge is 2.14. The van der Waals surface area contributed by atoms with Gasteiger partial charge < -0.3 is 15.2 Å². The Bertz CT molecular complexity index is 716. The number of nitrogens with two attached hydrogens (primary N) is 1.